The molecular formula is C19H24N6O3. The number of anilines is 1. The topological polar surface area (TPSA) is 117 Å². The Morgan fingerprint density at radius 3 is 2.18 bits per heavy atom. The van der Waals surface area contributed by atoms with Crippen LogP contribution in [0.4, 0.5) is 5.69 Å². The van der Waals surface area contributed by atoms with Gasteiger partial charge in [0.15, 0.2) is 0 Å². The molecule has 0 unspecified atom stereocenters. The third kappa shape index (κ3) is 3.42. The quantitative estimate of drug-likeness (QED) is 0.557. The fourth-order valence-corrected chi connectivity index (χ4v) is 3.41. The van der Waals surface area contributed by atoms with Gasteiger partial charge < -0.3 is 10.4 Å². The summed E-state index contributed by atoms with van der Waals surface area (Å²) in [4.78, 5) is 12.9. The van der Waals surface area contributed by atoms with Crippen molar-refractivity contribution in [1.29, 1.82) is 0 Å². The van der Waals surface area contributed by atoms with Crippen LogP contribution in [0.15, 0.2) is 50.5 Å². The van der Waals surface area contributed by atoms with Crippen molar-refractivity contribution in [3.63, 3.8) is 0 Å². The largest absolute Gasteiger partial charge is 0.411 e. The lowest BCUT2D eigenvalue weighted by molar-refractivity contribution is 0.304. The number of benzene rings is 1. The molecule has 1 aromatic carbocycles. The number of hydrazone groups is 1. The minimum absolute atomic E-state index is 0.231. The van der Waals surface area contributed by atoms with Crippen LogP contribution in [0.3, 0.4) is 0 Å². The predicted octanol–water partition coefficient (Wildman–Crippen LogP) is 2.73. The van der Waals surface area contributed by atoms with Gasteiger partial charge in [-0.15, -0.1) is 0 Å². The summed E-state index contributed by atoms with van der Waals surface area (Å²) in [6, 6.07) is 9.27. The lowest BCUT2D eigenvalue weighted by atomic mass is 9.74. The van der Waals surface area contributed by atoms with Crippen molar-refractivity contribution in [3.8, 4) is 5.69 Å². The molecule has 0 amide bonds. The maximum atomic E-state index is 12.9. The molecule has 1 aliphatic carbocycles. The van der Waals surface area contributed by atoms with Gasteiger partial charge in [-0.05, 0) is 24.5 Å². The molecule has 28 heavy (non-hydrogen) atoms. The highest BCUT2D eigenvalue weighted by atomic mass is 16.4. The first-order valence-corrected chi connectivity index (χ1v) is 8.89. The first kappa shape index (κ1) is 19.4. The first-order chi connectivity index (χ1) is 13.3. The fourth-order valence-electron chi connectivity index (χ4n) is 3.41. The minimum atomic E-state index is -0.267. The van der Waals surface area contributed by atoms with Crippen LogP contribution >= 0.6 is 0 Å². The lowest BCUT2D eigenvalue weighted by Gasteiger charge is -2.30. The van der Waals surface area contributed by atoms with E-state index in [0.717, 1.165) is 5.69 Å². The monoisotopic (exact) mass is 384 g/mol. The van der Waals surface area contributed by atoms with E-state index in [0.29, 0.717) is 35.6 Å². The molecule has 1 aliphatic rings. The number of hydrogen-bond acceptors (Lipinski definition) is 7. The Morgan fingerprint density at radius 2 is 1.64 bits per heavy atom. The zero-order valence-electron chi connectivity index (χ0n) is 16.3. The molecule has 1 saturated carbocycles. The van der Waals surface area contributed by atoms with Crippen molar-refractivity contribution in [3.05, 3.63) is 46.4 Å². The summed E-state index contributed by atoms with van der Waals surface area (Å²) in [5.41, 5.74) is 4.82. The van der Waals surface area contributed by atoms with Crippen LogP contribution in [0.5, 0.6) is 0 Å². The summed E-state index contributed by atoms with van der Waals surface area (Å²) in [6.45, 7) is 5.76. The molecule has 0 spiro atoms. The van der Waals surface area contributed by atoms with E-state index in [-0.39, 0.29) is 16.7 Å². The van der Waals surface area contributed by atoms with Gasteiger partial charge in [0.05, 0.1) is 11.4 Å². The normalized spacial score (nSPS) is 20.8. The van der Waals surface area contributed by atoms with E-state index in [2.05, 4.69) is 20.8 Å². The second-order valence-electron chi connectivity index (χ2n) is 7.62. The Kier molecular flexibility index (Phi) is 5.08. The number of nitrogens with zero attached hydrogens (tertiary/aromatic N) is 5. The van der Waals surface area contributed by atoms with Crippen molar-refractivity contribution < 1.29 is 10.4 Å². The Balaban J connectivity index is 2.02. The number of rotatable bonds is 3. The summed E-state index contributed by atoms with van der Waals surface area (Å²) in [5.74, 6) is 0. The van der Waals surface area contributed by atoms with E-state index in [1.165, 1.54) is 4.68 Å². The van der Waals surface area contributed by atoms with Gasteiger partial charge in [-0.3, -0.25) is 14.9 Å². The molecule has 0 atom stereocenters. The van der Waals surface area contributed by atoms with Crippen LogP contribution in [0, 0.1) is 12.3 Å². The third-order valence-electron chi connectivity index (χ3n) is 4.91. The molecule has 3 N–H and O–H groups in total. The molecule has 2 aromatic rings. The highest BCUT2D eigenvalue weighted by molar-refractivity contribution is 6.69. The minimum Gasteiger partial charge on any atom is -0.411 e. The molecule has 9 nitrogen and oxygen atoms in total. The molecule has 0 saturated heterocycles. The molecule has 148 valence electrons. The van der Waals surface area contributed by atoms with Crippen LogP contribution in [-0.4, -0.2) is 36.9 Å². The Morgan fingerprint density at radius 1 is 1.07 bits per heavy atom. The highest BCUT2D eigenvalue weighted by Gasteiger charge is 2.35. The third-order valence-corrected chi connectivity index (χ3v) is 4.91. The van der Waals surface area contributed by atoms with Gasteiger partial charge in [-0.2, -0.15) is 5.10 Å². The average Bonchev–Trinajstić information content (AvgIpc) is 2.89. The van der Waals surface area contributed by atoms with Gasteiger partial charge in [0.1, 0.15) is 22.8 Å². The van der Waals surface area contributed by atoms with Crippen molar-refractivity contribution in [2.45, 2.75) is 33.6 Å². The van der Waals surface area contributed by atoms with Crippen LogP contribution in [0.25, 0.3) is 5.69 Å². The summed E-state index contributed by atoms with van der Waals surface area (Å²) < 4.78 is 3.26. The van der Waals surface area contributed by atoms with E-state index in [4.69, 9.17) is 0 Å². The standard InChI is InChI=1S/C19H24N6O3/c1-12-16(18(26)25(24(12)4)13-8-6-5-7-9-13)20-21-17-14(22-27)10-19(2,3)11-15(17)23-28/h5-9,20,27-28H,10-11H2,1-4H3/b21-17?,22-14-,23-15+. The number of para-hydroxylation sites is 1. The van der Waals surface area contributed by atoms with Crippen LogP contribution in [-0.2, 0) is 7.05 Å². The van der Waals surface area contributed by atoms with Crippen LogP contribution in [0.2, 0.25) is 0 Å². The molecule has 3 rings (SSSR count). The van der Waals surface area contributed by atoms with Gasteiger partial charge in [-0.25, -0.2) is 4.68 Å². The maximum absolute atomic E-state index is 12.9. The molecule has 1 aromatic heterocycles. The van der Waals surface area contributed by atoms with E-state index in [1.807, 2.05) is 44.2 Å². The Bertz CT molecular complexity index is 1000. The number of nitrogens with one attached hydrogen (secondary N) is 1. The van der Waals surface area contributed by atoms with E-state index < -0.39 is 0 Å². The van der Waals surface area contributed by atoms with Crippen molar-refractivity contribution in [2.75, 3.05) is 5.43 Å². The number of oxime groups is 2. The average molecular weight is 384 g/mol. The first-order valence-electron chi connectivity index (χ1n) is 8.89. The van der Waals surface area contributed by atoms with Gasteiger partial charge >= 0.3 is 0 Å². The zero-order chi connectivity index (χ0) is 20.5. The van der Waals surface area contributed by atoms with Crippen LogP contribution < -0.4 is 11.0 Å². The van der Waals surface area contributed by atoms with Gasteiger partial charge in [0.25, 0.3) is 5.56 Å². The van der Waals surface area contributed by atoms with Gasteiger partial charge in [0, 0.05) is 19.9 Å². The Hall–Kier alpha value is -3.36. The van der Waals surface area contributed by atoms with E-state index in [1.54, 1.807) is 18.7 Å². The van der Waals surface area contributed by atoms with Gasteiger partial charge in [0.2, 0.25) is 0 Å². The van der Waals surface area contributed by atoms with Crippen LogP contribution in [0.1, 0.15) is 32.4 Å². The predicted molar refractivity (Wildman–Crippen MR) is 108 cm³/mol. The second-order valence-corrected chi connectivity index (χ2v) is 7.62. The molecule has 1 fully saturated rings. The molecular weight excluding hydrogens is 360 g/mol. The van der Waals surface area contributed by atoms with E-state index >= 15 is 0 Å². The summed E-state index contributed by atoms with van der Waals surface area (Å²) in [7, 11) is 1.78. The summed E-state index contributed by atoms with van der Waals surface area (Å²) in [6.07, 6.45) is 0.927. The fraction of sp³-hybridized carbons (Fsp3) is 0.368. The lowest BCUT2D eigenvalue weighted by Crippen LogP contribution is -2.39. The van der Waals surface area contributed by atoms with Gasteiger partial charge in [-0.1, -0.05) is 42.4 Å². The zero-order valence-corrected chi connectivity index (χ0v) is 16.3. The maximum Gasteiger partial charge on any atom is 0.296 e. The SMILES string of the molecule is Cc1c(NN=C2/C(=N\O)CC(C)(C)C/C2=N\O)c(=O)n(-c2ccccc2)n1C. The summed E-state index contributed by atoms with van der Waals surface area (Å²) >= 11 is 0. The number of aromatic nitrogens is 2. The second kappa shape index (κ2) is 7.34. The van der Waals surface area contributed by atoms with Crippen molar-refractivity contribution in [1.82, 2.24) is 9.36 Å². The highest BCUT2D eigenvalue weighted by Crippen LogP contribution is 2.31. The van der Waals surface area contributed by atoms with E-state index in [9.17, 15) is 15.2 Å². The Labute approximate surface area is 162 Å². The molecule has 1 heterocycles. The molecule has 9 heteroatoms. The molecule has 0 aliphatic heterocycles. The van der Waals surface area contributed by atoms with Crippen molar-refractivity contribution >= 4 is 22.8 Å². The molecule has 0 bridgehead atoms. The number of hydrogen-bond donors (Lipinski definition) is 3. The smallest absolute Gasteiger partial charge is 0.296 e. The summed E-state index contributed by atoms with van der Waals surface area (Å²) in [5, 5.41) is 29.6. The van der Waals surface area contributed by atoms with Crippen molar-refractivity contribution in [2.24, 2.45) is 27.9 Å². The molecule has 0 radical (unpaired) electrons.